The van der Waals surface area contributed by atoms with Crippen LogP contribution in [0, 0.1) is 0 Å². The van der Waals surface area contributed by atoms with Gasteiger partial charge in [0.1, 0.15) is 30.2 Å². The van der Waals surface area contributed by atoms with Crippen molar-refractivity contribution in [3.05, 3.63) is 12.7 Å². The van der Waals surface area contributed by atoms with E-state index in [1.54, 1.807) is 18.4 Å². The third-order valence-corrected chi connectivity index (χ3v) is 4.80. The molecule has 11 nitrogen and oxygen atoms in total. The lowest BCUT2D eigenvalue weighted by atomic mass is 10.1. The fourth-order valence-corrected chi connectivity index (χ4v) is 3.65. The van der Waals surface area contributed by atoms with Gasteiger partial charge >= 0.3 is 0 Å². The molecule has 2 fully saturated rings. The largest absolute Gasteiger partial charge is 0.382 e. The molecule has 0 spiro atoms. The minimum atomic E-state index is -3.61. The first-order chi connectivity index (χ1) is 12.1. The van der Waals surface area contributed by atoms with E-state index in [-0.39, 0.29) is 12.4 Å². The average Bonchev–Trinajstić information content (AvgIpc) is 3.16. The Kier molecular flexibility index (Phi) is 3.93. The van der Waals surface area contributed by atoms with Crippen molar-refractivity contribution in [2.75, 3.05) is 18.6 Å². The van der Waals surface area contributed by atoms with Gasteiger partial charge in [-0.15, -0.1) is 0 Å². The van der Waals surface area contributed by atoms with E-state index in [1.807, 2.05) is 0 Å². The normalized spacial score (nSPS) is 30.7. The molecule has 0 amide bonds. The quantitative estimate of drug-likeness (QED) is 0.703. The molecule has 0 bridgehead atoms. The van der Waals surface area contributed by atoms with Crippen molar-refractivity contribution >= 4 is 27.1 Å². The van der Waals surface area contributed by atoms with Crippen LogP contribution in [0.2, 0.25) is 0 Å². The number of nitrogens with two attached hydrogens (primary N) is 1. The van der Waals surface area contributed by atoms with Gasteiger partial charge in [0.05, 0.1) is 19.2 Å². The molecule has 0 radical (unpaired) electrons. The minimum Gasteiger partial charge on any atom is -0.382 e. The topological polar surface area (TPSA) is 141 Å². The van der Waals surface area contributed by atoms with E-state index < -0.39 is 40.4 Å². The van der Waals surface area contributed by atoms with Crippen LogP contribution in [0.3, 0.4) is 0 Å². The predicted octanol–water partition coefficient (Wildman–Crippen LogP) is -0.198. The highest BCUT2D eigenvalue weighted by atomic mass is 32.2. The maximum absolute atomic E-state index is 11.3. The first kappa shape index (κ1) is 17.5. The SMILES string of the molecule is CC1(C)O[C@@H]2[C@H](O1)[C@@H](COS(C)(=O)=O)O[C@H]2n1cnc2c(N)ncnc21. The van der Waals surface area contributed by atoms with E-state index >= 15 is 0 Å². The van der Waals surface area contributed by atoms with Crippen molar-refractivity contribution in [2.45, 2.75) is 44.2 Å². The minimum absolute atomic E-state index is 0.181. The van der Waals surface area contributed by atoms with Crippen LogP contribution in [0.4, 0.5) is 5.82 Å². The van der Waals surface area contributed by atoms with Gasteiger partial charge in [0.15, 0.2) is 23.5 Å². The van der Waals surface area contributed by atoms with Crippen molar-refractivity contribution < 1.29 is 26.8 Å². The highest BCUT2D eigenvalue weighted by Crippen LogP contribution is 2.43. The second-order valence-electron chi connectivity index (χ2n) is 6.70. The highest BCUT2D eigenvalue weighted by Gasteiger charge is 2.56. The van der Waals surface area contributed by atoms with Crippen LogP contribution in [0.25, 0.3) is 11.2 Å². The molecule has 0 aromatic carbocycles. The van der Waals surface area contributed by atoms with Gasteiger partial charge in [0.2, 0.25) is 0 Å². The zero-order valence-electron chi connectivity index (χ0n) is 14.4. The van der Waals surface area contributed by atoms with Crippen LogP contribution in [-0.4, -0.2) is 64.9 Å². The van der Waals surface area contributed by atoms with Gasteiger partial charge in [0, 0.05) is 0 Å². The molecule has 0 aliphatic carbocycles. The Morgan fingerprint density at radius 1 is 1.27 bits per heavy atom. The molecule has 2 saturated heterocycles. The van der Waals surface area contributed by atoms with E-state index in [9.17, 15) is 8.42 Å². The first-order valence-electron chi connectivity index (χ1n) is 7.93. The molecule has 4 heterocycles. The molecule has 0 saturated carbocycles. The van der Waals surface area contributed by atoms with E-state index in [2.05, 4.69) is 15.0 Å². The zero-order chi connectivity index (χ0) is 18.7. The number of anilines is 1. The molecule has 2 aromatic rings. The molecular weight excluding hydrogens is 366 g/mol. The number of nitrogens with zero attached hydrogens (tertiary/aromatic N) is 4. The number of imidazole rings is 1. The smallest absolute Gasteiger partial charge is 0.264 e. The Morgan fingerprint density at radius 3 is 2.73 bits per heavy atom. The molecule has 12 heteroatoms. The van der Waals surface area contributed by atoms with Crippen molar-refractivity contribution in [2.24, 2.45) is 0 Å². The number of aromatic nitrogens is 4. The van der Waals surface area contributed by atoms with Gasteiger partial charge in [-0.3, -0.25) is 8.75 Å². The van der Waals surface area contributed by atoms with Crippen LogP contribution in [0.1, 0.15) is 20.1 Å². The van der Waals surface area contributed by atoms with Crippen molar-refractivity contribution in [1.29, 1.82) is 0 Å². The zero-order valence-corrected chi connectivity index (χ0v) is 15.2. The molecule has 4 atom stereocenters. The Bertz CT molecular complexity index is 944. The summed E-state index contributed by atoms with van der Waals surface area (Å²) in [4.78, 5) is 12.4. The molecule has 142 valence electrons. The molecule has 2 N–H and O–H groups in total. The average molecular weight is 385 g/mol. The fraction of sp³-hybridized carbons (Fsp3) is 0.643. The number of nitrogen functional groups attached to an aromatic ring is 1. The number of fused-ring (bicyclic) bond motifs is 2. The van der Waals surface area contributed by atoms with Crippen molar-refractivity contribution in [1.82, 2.24) is 19.5 Å². The maximum Gasteiger partial charge on any atom is 0.264 e. The van der Waals surface area contributed by atoms with Crippen LogP contribution < -0.4 is 5.73 Å². The van der Waals surface area contributed by atoms with Gasteiger partial charge in [-0.2, -0.15) is 8.42 Å². The van der Waals surface area contributed by atoms with Gasteiger partial charge in [0.25, 0.3) is 10.1 Å². The Morgan fingerprint density at radius 2 is 2.00 bits per heavy atom. The number of hydrogen-bond acceptors (Lipinski definition) is 10. The number of rotatable bonds is 4. The fourth-order valence-electron chi connectivity index (χ4n) is 3.26. The monoisotopic (exact) mass is 385 g/mol. The molecule has 0 unspecified atom stereocenters. The predicted molar refractivity (Wildman–Crippen MR) is 88.3 cm³/mol. The summed E-state index contributed by atoms with van der Waals surface area (Å²) in [6, 6.07) is 0. The molecule has 26 heavy (non-hydrogen) atoms. The summed E-state index contributed by atoms with van der Waals surface area (Å²) in [5, 5.41) is 0. The first-order valence-corrected chi connectivity index (χ1v) is 9.75. The van der Waals surface area contributed by atoms with Gasteiger partial charge in [-0.1, -0.05) is 0 Å². The Labute approximate surface area is 149 Å². The van der Waals surface area contributed by atoms with E-state index in [4.69, 9.17) is 24.1 Å². The second kappa shape index (κ2) is 5.82. The summed E-state index contributed by atoms with van der Waals surface area (Å²) in [6.45, 7) is 3.38. The summed E-state index contributed by atoms with van der Waals surface area (Å²) >= 11 is 0. The molecule has 2 aliphatic heterocycles. The lowest BCUT2D eigenvalue weighted by molar-refractivity contribution is -0.198. The second-order valence-corrected chi connectivity index (χ2v) is 8.35. The third-order valence-electron chi connectivity index (χ3n) is 4.23. The summed E-state index contributed by atoms with van der Waals surface area (Å²) in [6.07, 6.45) is 1.58. The summed E-state index contributed by atoms with van der Waals surface area (Å²) in [5.41, 5.74) is 6.76. The summed E-state index contributed by atoms with van der Waals surface area (Å²) in [7, 11) is -3.61. The highest BCUT2D eigenvalue weighted by molar-refractivity contribution is 7.85. The van der Waals surface area contributed by atoms with E-state index in [0.29, 0.717) is 11.2 Å². The van der Waals surface area contributed by atoms with Crippen molar-refractivity contribution in [3.63, 3.8) is 0 Å². The van der Waals surface area contributed by atoms with Gasteiger partial charge in [-0.05, 0) is 13.8 Å². The molecule has 2 aromatic heterocycles. The van der Waals surface area contributed by atoms with Gasteiger partial charge < -0.3 is 19.9 Å². The lowest BCUT2D eigenvalue weighted by Crippen LogP contribution is -2.33. The lowest BCUT2D eigenvalue weighted by Gasteiger charge is -2.24. The van der Waals surface area contributed by atoms with Crippen LogP contribution in [0.15, 0.2) is 12.7 Å². The van der Waals surface area contributed by atoms with Crippen LogP contribution >= 0.6 is 0 Å². The van der Waals surface area contributed by atoms with Crippen LogP contribution in [0.5, 0.6) is 0 Å². The third kappa shape index (κ3) is 3.03. The van der Waals surface area contributed by atoms with E-state index in [1.165, 1.54) is 12.7 Å². The Hall–Kier alpha value is -1.86. The Balaban J connectivity index is 1.68. The maximum atomic E-state index is 11.3. The van der Waals surface area contributed by atoms with Gasteiger partial charge in [-0.25, -0.2) is 15.0 Å². The summed E-state index contributed by atoms with van der Waals surface area (Å²) in [5.74, 6) is -0.588. The van der Waals surface area contributed by atoms with E-state index in [0.717, 1.165) is 6.26 Å². The standard InChI is InChI=1S/C14H19N5O6S/c1-14(2)24-9-7(4-22-26(3,20)21)23-13(10(9)25-14)19-6-18-8-11(15)16-5-17-12(8)19/h5-7,9-10,13H,4H2,1-3H3,(H2,15,16,17)/t7-,9-,10-,13-/m1/s1. The van der Waals surface area contributed by atoms with Crippen LogP contribution in [-0.2, 0) is 28.5 Å². The number of ether oxygens (including phenoxy) is 3. The number of hydrogen-bond donors (Lipinski definition) is 1. The molecular formula is C14H19N5O6S. The summed E-state index contributed by atoms with van der Waals surface area (Å²) < 4.78 is 47.1. The van der Waals surface area contributed by atoms with Crippen molar-refractivity contribution in [3.8, 4) is 0 Å². The molecule has 4 rings (SSSR count). The molecule has 2 aliphatic rings.